The highest BCUT2D eigenvalue weighted by atomic mass is 16.5. The largest absolute Gasteiger partial charge is 0.484 e. The first-order chi connectivity index (χ1) is 12.3. The third-order valence-corrected chi connectivity index (χ3v) is 4.14. The third kappa shape index (κ3) is 3.52. The molecule has 3 aromatic rings. The maximum absolute atomic E-state index is 12.1. The van der Waals surface area contributed by atoms with Gasteiger partial charge in [0.1, 0.15) is 17.9 Å². The number of hydrogen-bond donors (Lipinski definition) is 1. The van der Waals surface area contributed by atoms with Crippen LogP contribution in [-0.2, 0) is 4.79 Å². The minimum atomic E-state index is -0.113. The lowest BCUT2D eigenvalue weighted by Crippen LogP contribution is -2.39. The van der Waals surface area contributed by atoms with Crippen LogP contribution in [0.1, 0.15) is 6.42 Å². The number of fused-ring (bicyclic) bond motifs is 1. The molecule has 1 saturated heterocycles. The molecule has 1 N–H and O–H groups in total. The van der Waals surface area contributed by atoms with E-state index in [0.29, 0.717) is 11.4 Å². The van der Waals surface area contributed by atoms with Crippen LogP contribution in [0.4, 0.5) is 5.82 Å². The molecule has 1 aliphatic heterocycles. The summed E-state index contributed by atoms with van der Waals surface area (Å²) in [6, 6.07) is 13.2. The highest BCUT2D eigenvalue weighted by Crippen LogP contribution is 2.18. The molecule has 0 unspecified atom stereocenters. The van der Waals surface area contributed by atoms with Crippen molar-refractivity contribution in [3.63, 3.8) is 0 Å². The van der Waals surface area contributed by atoms with Crippen LogP contribution in [0.15, 0.2) is 48.8 Å². The fraction of sp³-hybridized carbons (Fsp3) is 0.294. The predicted octanol–water partition coefficient (Wildman–Crippen LogP) is 0.898. The third-order valence-electron chi connectivity index (χ3n) is 4.14. The number of ether oxygens (including phenoxy) is 1. The summed E-state index contributed by atoms with van der Waals surface area (Å²) < 4.78 is 7.12. The number of para-hydroxylation sites is 1. The number of hydrogen-bond acceptors (Lipinski definition) is 6. The Hall–Kier alpha value is -3.16. The van der Waals surface area contributed by atoms with Crippen molar-refractivity contribution in [3.05, 3.63) is 48.8 Å². The number of nitrogens with zero attached hydrogens (tertiary/aromatic N) is 5. The molecule has 0 saturated carbocycles. The number of amides is 1. The van der Waals surface area contributed by atoms with E-state index in [0.717, 1.165) is 25.3 Å². The van der Waals surface area contributed by atoms with Crippen LogP contribution >= 0.6 is 0 Å². The van der Waals surface area contributed by atoms with Crippen molar-refractivity contribution < 1.29 is 9.53 Å². The molecule has 8 nitrogen and oxygen atoms in total. The van der Waals surface area contributed by atoms with E-state index in [2.05, 4.69) is 25.5 Å². The van der Waals surface area contributed by atoms with Crippen LogP contribution in [0.3, 0.4) is 0 Å². The molecular formula is C17H18N6O2. The van der Waals surface area contributed by atoms with Gasteiger partial charge in [-0.1, -0.05) is 18.2 Å². The molecule has 25 heavy (non-hydrogen) atoms. The average Bonchev–Trinajstić information content (AvgIpc) is 3.29. The normalized spacial score (nSPS) is 17.0. The van der Waals surface area contributed by atoms with Gasteiger partial charge >= 0.3 is 0 Å². The number of rotatable bonds is 5. The van der Waals surface area contributed by atoms with Crippen molar-refractivity contribution in [1.82, 2.24) is 25.1 Å². The molecule has 1 atom stereocenters. The van der Waals surface area contributed by atoms with Crippen molar-refractivity contribution in [1.29, 1.82) is 0 Å². The van der Waals surface area contributed by atoms with E-state index in [1.807, 2.05) is 42.5 Å². The summed E-state index contributed by atoms with van der Waals surface area (Å²) in [6.07, 6.45) is 2.45. The van der Waals surface area contributed by atoms with Gasteiger partial charge in [0.25, 0.3) is 5.91 Å². The standard InChI is InChI=1S/C17H18N6O2/c24-17(11-25-14-4-2-1-3-5-14)19-13-8-9-22(10-13)16-7-6-15-20-18-12-23(15)21-16/h1-7,12-13H,8-11H2,(H,19,24)/t13-/m1/s1. The zero-order valence-electron chi connectivity index (χ0n) is 13.6. The molecule has 1 aromatic carbocycles. The zero-order valence-corrected chi connectivity index (χ0v) is 13.6. The second-order valence-electron chi connectivity index (χ2n) is 5.93. The molecule has 1 amide bonds. The van der Waals surface area contributed by atoms with Crippen molar-refractivity contribution in [3.8, 4) is 5.75 Å². The molecule has 1 fully saturated rings. The molecular weight excluding hydrogens is 320 g/mol. The van der Waals surface area contributed by atoms with Gasteiger partial charge in [-0.3, -0.25) is 4.79 Å². The molecule has 2 aromatic heterocycles. The summed E-state index contributed by atoms with van der Waals surface area (Å²) >= 11 is 0. The van der Waals surface area contributed by atoms with Crippen LogP contribution in [0.2, 0.25) is 0 Å². The summed E-state index contributed by atoms with van der Waals surface area (Å²) in [5.41, 5.74) is 0.714. The maximum Gasteiger partial charge on any atom is 0.258 e. The summed E-state index contributed by atoms with van der Waals surface area (Å²) in [6.45, 7) is 1.58. The lowest BCUT2D eigenvalue weighted by Gasteiger charge is -2.17. The maximum atomic E-state index is 12.1. The van der Waals surface area contributed by atoms with Crippen molar-refractivity contribution >= 4 is 17.4 Å². The Morgan fingerprint density at radius 2 is 2.12 bits per heavy atom. The van der Waals surface area contributed by atoms with E-state index in [1.165, 1.54) is 0 Å². The summed E-state index contributed by atoms with van der Waals surface area (Å²) in [4.78, 5) is 14.2. The second kappa shape index (κ2) is 6.76. The smallest absolute Gasteiger partial charge is 0.258 e. The van der Waals surface area contributed by atoms with Crippen LogP contribution < -0.4 is 15.0 Å². The lowest BCUT2D eigenvalue weighted by molar-refractivity contribution is -0.123. The fourth-order valence-electron chi connectivity index (χ4n) is 2.91. The van der Waals surface area contributed by atoms with Crippen LogP contribution in [0, 0.1) is 0 Å². The molecule has 0 radical (unpaired) electrons. The van der Waals surface area contributed by atoms with Crippen molar-refractivity contribution in [2.24, 2.45) is 0 Å². The number of carbonyl (C=O) groups excluding carboxylic acids is 1. The topological polar surface area (TPSA) is 84.6 Å². The van der Waals surface area contributed by atoms with Crippen molar-refractivity contribution in [2.45, 2.75) is 12.5 Å². The van der Waals surface area contributed by atoms with Gasteiger partial charge in [-0.25, -0.2) is 0 Å². The molecule has 1 aliphatic rings. The van der Waals surface area contributed by atoms with Gasteiger partial charge in [0.2, 0.25) is 0 Å². The lowest BCUT2D eigenvalue weighted by atomic mass is 10.2. The van der Waals surface area contributed by atoms with Crippen molar-refractivity contribution in [2.75, 3.05) is 24.6 Å². The van der Waals surface area contributed by atoms with Crippen LogP contribution in [0.5, 0.6) is 5.75 Å². The van der Waals surface area contributed by atoms with E-state index in [9.17, 15) is 4.79 Å². The Bertz CT molecular complexity index is 866. The quantitative estimate of drug-likeness (QED) is 0.744. The Kier molecular flexibility index (Phi) is 4.16. The van der Waals surface area contributed by atoms with E-state index >= 15 is 0 Å². The van der Waals surface area contributed by atoms with E-state index in [-0.39, 0.29) is 18.6 Å². The van der Waals surface area contributed by atoms with E-state index < -0.39 is 0 Å². The average molecular weight is 338 g/mol. The van der Waals surface area contributed by atoms with Gasteiger partial charge in [-0.2, -0.15) is 4.52 Å². The first-order valence-electron chi connectivity index (χ1n) is 8.17. The van der Waals surface area contributed by atoms with E-state index in [1.54, 1.807) is 10.8 Å². The predicted molar refractivity (Wildman–Crippen MR) is 91.5 cm³/mol. The molecule has 0 spiro atoms. The number of nitrogens with one attached hydrogen (secondary N) is 1. The van der Waals surface area contributed by atoms with Gasteiger partial charge in [0, 0.05) is 19.1 Å². The minimum absolute atomic E-state index is 0.0193. The summed E-state index contributed by atoms with van der Waals surface area (Å²) in [7, 11) is 0. The van der Waals surface area contributed by atoms with E-state index in [4.69, 9.17) is 4.74 Å². The molecule has 0 bridgehead atoms. The Morgan fingerprint density at radius 1 is 1.24 bits per heavy atom. The molecule has 0 aliphatic carbocycles. The van der Waals surface area contributed by atoms with Crippen LogP contribution in [-0.4, -0.2) is 51.5 Å². The second-order valence-corrected chi connectivity index (χ2v) is 5.93. The molecule has 8 heteroatoms. The fourth-order valence-corrected chi connectivity index (χ4v) is 2.91. The highest BCUT2D eigenvalue weighted by molar-refractivity contribution is 5.78. The van der Waals surface area contributed by atoms with Gasteiger partial charge in [0.05, 0.1) is 0 Å². The number of aromatic nitrogens is 4. The Balaban J connectivity index is 1.30. The first kappa shape index (κ1) is 15.4. The van der Waals surface area contributed by atoms with Gasteiger partial charge in [-0.05, 0) is 30.7 Å². The SMILES string of the molecule is O=C(COc1ccccc1)N[C@@H]1CCN(c2ccc3nncn3n2)C1. The Labute approximate surface area is 144 Å². The highest BCUT2D eigenvalue weighted by Gasteiger charge is 2.25. The minimum Gasteiger partial charge on any atom is -0.484 e. The number of benzene rings is 1. The first-order valence-corrected chi connectivity index (χ1v) is 8.17. The molecule has 128 valence electrons. The summed E-state index contributed by atoms with van der Waals surface area (Å²) in [5.74, 6) is 1.43. The van der Waals surface area contributed by atoms with Crippen LogP contribution in [0.25, 0.3) is 5.65 Å². The number of anilines is 1. The number of carbonyl (C=O) groups is 1. The van der Waals surface area contributed by atoms with Gasteiger partial charge < -0.3 is 15.0 Å². The monoisotopic (exact) mass is 338 g/mol. The Morgan fingerprint density at radius 3 is 3.00 bits per heavy atom. The molecule has 3 heterocycles. The molecule has 4 rings (SSSR count). The summed E-state index contributed by atoms with van der Waals surface area (Å²) in [5, 5.41) is 15.3. The van der Waals surface area contributed by atoms with Gasteiger partial charge in [-0.15, -0.1) is 15.3 Å². The van der Waals surface area contributed by atoms with Gasteiger partial charge in [0.15, 0.2) is 12.3 Å². The zero-order chi connectivity index (χ0) is 17.1.